The molecule has 2 aromatic rings. The molecule has 0 aromatic heterocycles. The summed E-state index contributed by atoms with van der Waals surface area (Å²) in [5.74, 6) is -4.90. The molecule has 2 heterocycles. The Labute approximate surface area is 269 Å². The monoisotopic (exact) mass is 663 g/mol. The standard InChI is InChI=1S/C31H35Cl2N3O9/c1-30(2,3)24(27(40)36-13-5-6-21(36)26(39)35(4)17-9-10-19(32)20(33)15-17)34-23(37)12-8-16-7-11-22-18(14-16)25(38)31(45-22,28(41)42)29(43)44/h7,9-11,14-15,21,24-25,38H,5-6,8,12-13H2,1-4H3,(H,34,37)(H,41,42)(H,43,44)/t21-,24+,25?/m0/s1. The van der Waals surface area contributed by atoms with E-state index in [1.165, 1.54) is 28.0 Å². The molecule has 0 spiro atoms. The summed E-state index contributed by atoms with van der Waals surface area (Å²) in [6.07, 6.45) is -0.822. The number of nitrogens with one attached hydrogen (secondary N) is 1. The summed E-state index contributed by atoms with van der Waals surface area (Å²) >= 11 is 12.2. The van der Waals surface area contributed by atoms with Crippen molar-refractivity contribution < 1.29 is 44.0 Å². The fraction of sp³-hybridized carbons (Fsp3) is 0.452. The predicted octanol–water partition coefficient (Wildman–Crippen LogP) is 3.44. The van der Waals surface area contributed by atoms with Crippen LogP contribution in [0.25, 0.3) is 0 Å². The van der Waals surface area contributed by atoms with E-state index in [4.69, 9.17) is 27.9 Å². The summed E-state index contributed by atoms with van der Waals surface area (Å²) in [6, 6.07) is 7.43. The molecular formula is C31H35Cl2N3O9. The molecule has 12 nitrogen and oxygen atoms in total. The predicted molar refractivity (Wildman–Crippen MR) is 164 cm³/mol. The fourth-order valence-corrected chi connectivity index (χ4v) is 5.85. The van der Waals surface area contributed by atoms with E-state index < -0.39 is 47.0 Å². The van der Waals surface area contributed by atoms with E-state index in [-0.39, 0.29) is 36.0 Å². The van der Waals surface area contributed by atoms with Crippen molar-refractivity contribution in [3.05, 3.63) is 57.6 Å². The molecule has 242 valence electrons. The molecule has 0 saturated carbocycles. The van der Waals surface area contributed by atoms with Gasteiger partial charge in [0.2, 0.25) is 17.7 Å². The van der Waals surface area contributed by atoms with E-state index in [1.54, 1.807) is 25.2 Å². The van der Waals surface area contributed by atoms with Gasteiger partial charge in [0.05, 0.1) is 10.0 Å². The molecule has 4 rings (SSSR count). The van der Waals surface area contributed by atoms with E-state index in [0.717, 1.165) is 0 Å². The van der Waals surface area contributed by atoms with Crippen LogP contribution in [0.1, 0.15) is 57.3 Å². The van der Waals surface area contributed by atoms with E-state index in [9.17, 15) is 39.3 Å². The number of aryl methyl sites for hydroxylation is 1. The first kappa shape index (κ1) is 34.0. The highest BCUT2D eigenvalue weighted by Gasteiger charge is 2.61. The molecule has 0 aliphatic carbocycles. The van der Waals surface area contributed by atoms with Crippen molar-refractivity contribution in [1.82, 2.24) is 10.2 Å². The third-order valence-corrected chi connectivity index (χ3v) is 8.90. The number of fused-ring (bicyclic) bond motifs is 1. The van der Waals surface area contributed by atoms with Crippen LogP contribution >= 0.6 is 23.2 Å². The van der Waals surface area contributed by atoms with Gasteiger partial charge in [-0.2, -0.15) is 0 Å². The van der Waals surface area contributed by atoms with Gasteiger partial charge in [0.25, 0.3) is 0 Å². The Morgan fingerprint density at radius 1 is 1.07 bits per heavy atom. The van der Waals surface area contributed by atoms with Crippen LogP contribution in [0.3, 0.4) is 0 Å². The molecule has 45 heavy (non-hydrogen) atoms. The number of carbonyl (C=O) groups is 5. The molecule has 2 aromatic carbocycles. The van der Waals surface area contributed by atoms with E-state index in [1.807, 2.05) is 20.8 Å². The van der Waals surface area contributed by atoms with Crippen LogP contribution in [-0.4, -0.2) is 81.2 Å². The molecule has 14 heteroatoms. The Balaban J connectivity index is 1.44. The molecule has 4 N–H and O–H groups in total. The molecule has 1 unspecified atom stereocenters. The number of benzene rings is 2. The van der Waals surface area contributed by atoms with E-state index >= 15 is 0 Å². The molecule has 0 radical (unpaired) electrons. The summed E-state index contributed by atoms with van der Waals surface area (Å²) < 4.78 is 5.14. The average Bonchev–Trinajstić information content (AvgIpc) is 3.58. The number of nitrogens with zero attached hydrogens (tertiary/aromatic N) is 2. The Morgan fingerprint density at radius 3 is 2.33 bits per heavy atom. The summed E-state index contributed by atoms with van der Waals surface area (Å²) in [6.45, 7) is 5.78. The van der Waals surface area contributed by atoms with Gasteiger partial charge in [-0.15, -0.1) is 0 Å². The molecule has 1 fully saturated rings. The number of aliphatic hydroxyl groups excluding tert-OH is 1. The molecule has 2 aliphatic rings. The zero-order valence-corrected chi connectivity index (χ0v) is 26.7. The number of hydrogen-bond acceptors (Lipinski definition) is 7. The highest BCUT2D eigenvalue weighted by Crippen LogP contribution is 2.44. The molecule has 3 atom stereocenters. The number of amides is 3. The quantitative estimate of drug-likeness (QED) is 0.293. The van der Waals surface area contributed by atoms with Crippen LogP contribution in [0.4, 0.5) is 5.69 Å². The van der Waals surface area contributed by atoms with Crippen molar-refractivity contribution >= 4 is 58.5 Å². The van der Waals surface area contributed by atoms with Gasteiger partial charge >= 0.3 is 17.5 Å². The SMILES string of the molecule is CN(C(=O)[C@@H]1CCCN1C(=O)[C@@H](NC(=O)CCc1ccc2c(c1)C(O)C(C(=O)O)(C(=O)O)O2)C(C)(C)C)c1ccc(Cl)c(Cl)c1. The Kier molecular flexibility index (Phi) is 9.72. The van der Waals surface area contributed by atoms with Gasteiger partial charge in [0.1, 0.15) is 23.9 Å². The number of likely N-dealkylation sites (N-methyl/N-ethyl adjacent to an activating group) is 1. The third-order valence-electron chi connectivity index (χ3n) is 8.16. The summed E-state index contributed by atoms with van der Waals surface area (Å²) in [5.41, 5.74) is -2.55. The molecule has 3 amide bonds. The van der Waals surface area contributed by atoms with Crippen molar-refractivity contribution in [3.63, 3.8) is 0 Å². The number of hydrogen-bond donors (Lipinski definition) is 4. The van der Waals surface area contributed by atoms with Gasteiger partial charge in [-0.05, 0) is 60.6 Å². The molecule has 0 bridgehead atoms. The second-order valence-electron chi connectivity index (χ2n) is 12.3. The van der Waals surface area contributed by atoms with Crippen LogP contribution in [0.15, 0.2) is 36.4 Å². The maximum Gasteiger partial charge on any atom is 0.363 e. The first-order valence-electron chi connectivity index (χ1n) is 14.3. The van der Waals surface area contributed by atoms with Gasteiger partial charge in [0.15, 0.2) is 0 Å². The number of aliphatic carboxylic acids is 2. The van der Waals surface area contributed by atoms with Crippen LogP contribution in [0.5, 0.6) is 5.75 Å². The van der Waals surface area contributed by atoms with Crippen molar-refractivity contribution in [2.75, 3.05) is 18.5 Å². The fourth-order valence-electron chi connectivity index (χ4n) is 5.56. The average molecular weight is 665 g/mol. The Morgan fingerprint density at radius 2 is 1.73 bits per heavy atom. The van der Waals surface area contributed by atoms with Crippen LogP contribution < -0.4 is 15.0 Å². The van der Waals surface area contributed by atoms with Gasteiger partial charge in [-0.3, -0.25) is 14.4 Å². The number of carboxylic acids is 2. The number of halogens is 2. The minimum absolute atomic E-state index is 0.0176. The number of carbonyl (C=O) groups excluding carboxylic acids is 3. The van der Waals surface area contributed by atoms with Crippen LogP contribution in [0, 0.1) is 5.41 Å². The number of anilines is 1. The maximum atomic E-state index is 13.9. The number of ether oxygens (including phenoxy) is 1. The molecule has 2 aliphatic heterocycles. The van der Waals surface area contributed by atoms with Crippen molar-refractivity contribution in [1.29, 1.82) is 0 Å². The largest absolute Gasteiger partial charge is 0.478 e. The third kappa shape index (κ3) is 6.58. The number of carboxylic acid groups (broad SMARTS) is 2. The zero-order chi connectivity index (χ0) is 33.4. The minimum atomic E-state index is -2.87. The van der Waals surface area contributed by atoms with Crippen molar-refractivity contribution in [2.45, 2.75) is 70.2 Å². The van der Waals surface area contributed by atoms with Crippen molar-refractivity contribution in [3.8, 4) is 5.75 Å². The first-order valence-corrected chi connectivity index (χ1v) is 15.0. The van der Waals surface area contributed by atoms with E-state index in [0.29, 0.717) is 40.7 Å². The lowest BCUT2D eigenvalue weighted by molar-refractivity contribution is -0.180. The van der Waals surface area contributed by atoms with Crippen LogP contribution in [0.2, 0.25) is 10.0 Å². The summed E-state index contributed by atoms with van der Waals surface area (Å²) in [4.78, 5) is 66.8. The topological polar surface area (TPSA) is 174 Å². The lowest BCUT2D eigenvalue weighted by atomic mass is 9.85. The maximum absolute atomic E-state index is 13.9. The Bertz CT molecular complexity index is 1530. The van der Waals surface area contributed by atoms with E-state index in [2.05, 4.69) is 5.32 Å². The summed E-state index contributed by atoms with van der Waals surface area (Å²) in [5, 5.41) is 32.9. The van der Waals surface area contributed by atoms with Gasteiger partial charge in [-0.25, -0.2) is 9.59 Å². The number of rotatable bonds is 9. The number of likely N-dealkylation sites (tertiary alicyclic amines) is 1. The number of aliphatic hydroxyl groups is 1. The zero-order valence-electron chi connectivity index (χ0n) is 25.2. The second-order valence-corrected chi connectivity index (χ2v) is 13.1. The minimum Gasteiger partial charge on any atom is -0.478 e. The van der Waals surface area contributed by atoms with Gasteiger partial charge in [0, 0.05) is 31.3 Å². The lowest BCUT2D eigenvalue weighted by Crippen LogP contribution is -2.57. The van der Waals surface area contributed by atoms with Gasteiger partial charge in [-0.1, -0.05) is 50.0 Å². The highest BCUT2D eigenvalue weighted by molar-refractivity contribution is 6.42. The smallest absolute Gasteiger partial charge is 0.363 e. The van der Waals surface area contributed by atoms with Crippen LogP contribution in [-0.2, 0) is 30.4 Å². The highest BCUT2D eigenvalue weighted by atomic mass is 35.5. The lowest BCUT2D eigenvalue weighted by Gasteiger charge is -2.36. The van der Waals surface area contributed by atoms with Crippen molar-refractivity contribution in [2.24, 2.45) is 5.41 Å². The first-order chi connectivity index (χ1) is 21.0. The molecule has 1 saturated heterocycles. The molecular weight excluding hydrogens is 629 g/mol. The van der Waals surface area contributed by atoms with Gasteiger partial charge < -0.3 is 35.2 Å². The Hall–Kier alpha value is -3.87. The summed E-state index contributed by atoms with van der Waals surface area (Å²) in [7, 11) is 1.60. The second kappa shape index (κ2) is 12.9. The normalized spacial score (nSPS) is 19.3.